The lowest BCUT2D eigenvalue weighted by Gasteiger charge is -2.07. The molecule has 31 heavy (non-hydrogen) atoms. The third-order valence-electron chi connectivity index (χ3n) is 5.12. The zero-order valence-corrected chi connectivity index (χ0v) is 17.2. The van der Waals surface area contributed by atoms with Crippen LogP contribution in [0.4, 0.5) is 0 Å². The topological polar surface area (TPSA) is 98.1 Å². The van der Waals surface area contributed by atoms with Crippen LogP contribution in [0.1, 0.15) is 21.5 Å². The molecule has 8 nitrogen and oxygen atoms in total. The molecule has 0 radical (unpaired) electrons. The number of hydrogen-bond donors (Lipinski definition) is 2. The van der Waals surface area contributed by atoms with Crippen LogP contribution in [0.5, 0.6) is 5.75 Å². The van der Waals surface area contributed by atoms with Gasteiger partial charge in [-0.05, 0) is 23.3 Å². The molecule has 0 aliphatic rings. The fraction of sp³-hybridized carbons (Fsp3) is 0.174. The summed E-state index contributed by atoms with van der Waals surface area (Å²) in [4.78, 5) is 41.2. The third-order valence-corrected chi connectivity index (χ3v) is 5.12. The van der Waals surface area contributed by atoms with Crippen molar-refractivity contribution in [3.63, 3.8) is 0 Å². The number of aryl methyl sites for hydroxylation is 1. The quantitative estimate of drug-likeness (QED) is 0.501. The van der Waals surface area contributed by atoms with Gasteiger partial charge in [0.1, 0.15) is 11.3 Å². The van der Waals surface area contributed by atoms with Crippen LogP contribution in [0, 0.1) is 0 Å². The predicted octanol–water partition coefficient (Wildman–Crippen LogP) is 2.02. The highest BCUT2D eigenvalue weighted by Crippen LogP contribution is 2.16. The van der Waals surface area contributed by atoms with Crippen LogP contribution in [0.3, 0.4) is 0 Å². The molecule has 2 N–H and O–H groups in total. The monoisotopic (exact) mass is 418 g/mol. The highest BCUT2D eigenvalue weighted by molar-refractivity contribution is 6.05. The van der Waals surface area contributed by atoms with Crippen LogP contribution >= 0.6 is 0 Å². The van der Waals surface area contributed by atoms with Crippen molar-refractivity contribution >= 4 is 16.9 Å². The van der Waals surface area contributed by atoms with E-state index in [2.05, 4.69) is 10.3 Å². The molecule has 2 aromatic carbocycles. The Morgan fingerprint density at radius 2 is 1.81 bits per heavy atom. The zero-order valence-electron chi connectivity index (χ0n) is 17.2. The summed E-state index contributed by atoms with van der Waals surface area (Å²) in [6.45, 7) is 0.426. The first-order chi connectivity index (χ1) is 15.0. The molecule has 4 aromatic rings. The first-order valence-electron chi connectivity index (χ1n) is 9.75. The van der Waals surface area contributed by atoms with E-state index in [-0.39, 0.29) is 35.6 Å². The molecular formula is C23H22N4O4. The summed E-state index contributed by atoms with van der Waals surface area (Å²) in [6.07, 6.45) is 1.55. The minimum absolute atomic E-state index is 0.146. The van der Waals surface area contributed by atoms with E-state index in [1.54, 1.807) is 24.9 Å². The molecule has 0 fully saturated rings. The van der Waals surface area contributed by atoms with Crippen LogP contribution in [0.25, 0.3) is 11.0 Å². The molecule has 158 valence electrons. The maximum Gasteiger partial charge on any atom is 0.329 e. The van der Waals surface area contributed by atoms with Crippen molar-refractivity contribution in [2.45, 2.75) is 13.1 Å². The van der Waals surface area contributed by atoms with E-state index < -0.39 is 11.2 Å². The number of carbonyl (C=O) groups excluding carboxylic acids is 1. The number of fused-ring (bicyclic) bond motifs is 1. The lowest BCUT2D eigenvalue weighted by atomic mass is 10.2. The number of amides is 1. The summed E-state index contributed by atoms with van der Waals surface area (Å²) >= 11 is 0. The number of H-pyrrole nitrogens is 1. The standard InChI is InChI=1S/C23H22N4O4/c1-26-14-18(21(28)24-12-16-9-6-10-17(11-16)31-2)19-20(26)22(29)27(23(30)25-19)13-15-7-4-3-5-8-15/h3-11,14H,12-13H2,1-2H3,(H,24,28)(H,25,30). The molecule has 1 amide bonds. The fourth-order valence-corrected chi connectivity index (χ4v) is 3.55. The van der Waals surface area contributed by atoms with Gasteiger partial charge in [0, 0.05) is 19.8 Å². The number of carbonyl (C=O) groups is 1. The lowest BCUT2D eigenvalue weighted by Crippen LogP contribution is -2.36. The van der Waals surface area contributed by atoms with Crippen molar-refractivity contribution in [3.05, 3.63) is 98.3 Å². The SMILES string of the molecule is COc1cccc(CNC(=O)c2cn(C)c3c(=O)n(Cc4ccccc4)c(=O)[nH]c23)c1. The van der Waals surface area contributed by atoms with Crippen LogP contribution in [0.15, 0.2) is 70.4 Å². The molecule has 4 rings (SSSR count). The Bertz CT molecular complexity index is 1370. The van der Waals surface area contributed by atoms with Gasteiger partial charge in [0.2, 0.25) is 0 Å². The van der Waals surface area contributed by atoms with Crippen molar-refractivity contribution in [2.24, 2.45) is 7.05 Å². The Labute approximate surface area is 177 Å². The van der Waals surface area contributed by atoms with Crippen molar-refractivity contribution in [3.8, 4) is 5.75 Å². The molecule has 0 unspecified atom stereocenters. The summed E-state index contributed by atoms with van der Waals surface area (Å²) in [5.74, 6) is 0.310. The molecule has 2 heterocycles. The van der Waals surface area contributed by atoms with Crippen molar-refractivity contribution < 1.29 is 9.53 Å². The highest BCUT2D eigenvalue weighted by atomic mass is 16.5. The number of nitrogens with one attached hydrogen (secondary N) is 2. The second kappa shape index (κ2) is 8.35. The van der Waals surface area contributed by atoms with E-state index in [0.717, 1.165) is 15.7 Å². The van der Waals surface area contributed by atoms with Crippen LogP contribution < -0.4 is 21.3 Å². The molecular weight excluding hydrogens is 396 g/mol. The number of hydrogen-bond acceptors (Lipinski definition) is 4. The van der Waals surface area contributed by atoms with Gasteiger partial charge in [-0.25, -0.2) is 4.79 Å². The molecule has 2 aromatic heterocycles. The van der Waals surface area contributed by atoms with Gasteiger partial charge >= 0.3 is 5.69 Å². The normalized spacial score (nSPS) is 10.9. The van der Waals surface area contributed by atoms with Gasteiger partial charge in [-0.1, -0.05) is 42.5 Å². The van der Waals surface area contributed by atoms with Crippen LogP contribution in [-0.4, -0.2) is 27.1 Å². The average molecular weight is 418 g/mol. The lowest BCUT2D eigenvalue weighted by molar-refractivity contribution is 0.0952. The number of aromatic amines is 1. The van der Waals surface area contributed by atoms with E-state index >= 15 is 0 Å². The Hall–Kier alpha value is -4.07. The number of rotatable bonds is 6. The minimum Gasteiger partial charge on any atom is -0.497 e. The van der Waals surface area contributed by atoms with Gasteiger partial charge in [0.05, 0.1) is 24.7 Å². The second-order valence-electron chi connectivity index (χ2n) is 7.22. The third kappa shape index (κ3) is 4.00. The van der Waals surface area contributed by atoms with Crippen LogP contribution in [-0.2, 0) is 20.1 Å². The van der Waals surface area contributed by atoms with E-state index in [9.17, 15) is 14.4 Å². The Morgan fingerprint density at radius 1 is 1.06 bits per heavy atom. The number of aromatic nitrogens is 3. The summed E-state index contributed by atoms with van der Waals surface area (Å²) < 4.78 is 7.89. The van der Waals surface area contributed by atoms with Crippen molar-refractivity contribution in [1.29, 1.82) is 0 Å². The van der Waals surface area contributed by atoms with Crippen molar-refractivity contribution in [2.75, 3.05) is 7.11 Å². The second-order valence-corrected chi connectivity index (χ2v) is 7.22. The summed E-state index contributed by atoms with van der Waals surface area (Å²) in [5, 5.41) is 2.83. The number of nitrogens with zero attached hydrogens (tertiary/aromatic N) is 2. The Balaban J connectivity index is 1.65. The maximum atomic E-state index is 13.0. The van der Waals surface area contributed by atoms with Gasteiger partial charge < -0.3 is 19.6 Å². The Kier molecular flexibility index (Phi) is 5.44. The number of ether oxygens (including phenoxy) is 1. The molecule has 0 spiro atoms. The average Bonchev–Trinajstić information content (AvgIpc) is 3.12. The first kappa shape index (κ1) is 20.2. The highest BCUT2D eigenvalue weighted by Gasteiger charge is 2.19. The molecule has 0 aliphatic carbocycles. The summed E-state index contributed by atoms with van der Waals surface area (Å²) in [7, 11) is 3.25. The first-order valence-corrected chi connectivity index (χ1v) is 9.75. The van der Waals surface area contributed by atoms with Crippen molar-refractivity contribution in [1.82, 2.24) is 19.4 Å². The van der Waals surface area contributed by atoms with Crippen LogP contribution in [0.2, 0.25) is 0 Å². The zero-order chi connectivity index (χ0) is 22.0. The van der Waals surface area contributed by atoms with Gasteiger partial charge in [0.25, 0.3) is 11.5 Å². The smallest absolute Gasteiger partial charge is 0.329 e. The Morgan fingerprint density at radius 3 is 2.55 bits per heavy atom. The fourth-order valence-electron chi connectivity index (χ4n) is 3.55. The predicted molar refractivity (Wildman–Crippen MR) is 118 cm³/mol. The van der Waals surface area contributed by atoms with E-state index in [4.69, 9.17) is 4.74 Å². The molecule has 8 heteroatoms. The van der Waals surface area contributed by atoms with E-state index in [0.29, 0.717) is 5.75 Å². The van der Waals surface area contributed by atoms with Gasteiger partial charge in [-0.3, -0.25) is 14.2 Å². The molecule has 0 saturated heterocycles. The minimum atomic E-state index is -0.561. The maximum absolute atomic E-state index is 13.0. The van der Waals surface area contributed by atoms with E-state index in [1.165, 1.54) is 0 Å². The molecule has 0 atom stereocenters. The molecule has 0 bridgehead atoms. The van der Waals surface area contributed by atoms with Gasteiger partial charge in [-0.15, -0.1) is 0 Å². The number of methoxy groups -OCH3 is 1. The van der Waals surface area contributed by atoms with Gasteiger partial charge in [-0.2, -0.15) is 0 Å². The van der Waals surface area contributed by atoms with E-state index in [1.807, 2.05) is 54.6 Å². The molecule has 0 aliphatic heterocycles. The summed E-state index contributed by atoms with van der Waals surface area (Å²) in [6, 6.07) is 16.6. The number of benzene rings is 2. The van der Waals surface area contributed by atoms with Gasteiger partial charge in [0.15, 0.2) is 0 Å². The summed E-state index contributed by atoms with van der Waals surface area (Å²) in [5.41, 5.74) is 1.42. The molecule has 0 saturated carbocycles. The largest absolute Gasteiger partial charge is 0.497 e.